The van der Waals surface area contributed by atoms with Crippen LogP contribution in [0.15, 0.2) is 29.3 Å². The van der Waals surface area contributed by atoms with Gasteiger partial charge in [0.1, 0.15) is 0 Å². The average Bonchev–Trinajstić information content (AvgIpc) is 2.97. The number of aliphatic imine (C=N–C) groups is 1. The fourth-order valence-corrected chi connectivity index (χ4v) is 2.07. The first-order valence-corrected chi connectivity index (χ1v) is 5.26. The summed E-state index contributed by atoms with van der Waals surface area (Å²) in [5.74, 6) is 0.190. The molecule has 1 aromatic rings. The van der Waals surface area contributed by atoms with E-state index in [1.807, 2.05) is 0 Å². The first kappa shape index (κ1) is 13.3. The number of halogens is 1. The number of guanidine groups is 1. The van der Waals surface area contributed by atoms with Crippen LogP contribution in [0.3, 0.4) is 0 Å². The van der Waals surface area contributed by atoms with E-state index >= 15 is 0 Å². The average molecular weight is 331 g/mol. The number of nitrogens with two attached hydrogens (primary N) is 2. The zero-order chi connectivity index (χ0) is 10.9. The van der Waals surface area contributed by atoms with Gasteiger partial charge in [-0.1, -0.05) is 24.3 Å². The lowest BCUT2D eigenvalue weighted by Gasteiger charge is -2.15. The normalized spacial score (nSPS) is 16.1. The molecular formula is C12H18IN3. The molecule has 1 aliphatic rings. The molecule has 4 N–H and O–H groups in total. The number of nitrogens with zero attached hydrogens (tertiary/aromatic N) is 1. The molecule has 0 spiro atoms. The molecule has 4 heteroatoms. The number of hydrogen-bond donors (Lipinski definition) is 2. The van der Waals surface area contributed by atoms with Crippen molar-refractivity contribution in [2.45, 2.75) is 25.2 Å². The molecule has 0 bridgehead atoms. The van der Waals surface area contributed by atoms with Crippen molar-refractivity contribution in [1.82, 2.24) is 0 Å². The van der Waals surface area contributed by atoms with E-state index in [0.717, 1.165) is 6.54 Å². The van der Waals surface area contributed by atoms with Gasteiger partial charge >= 0.3 is 0 Å². The van der Waals surface area contributed by atoms with Crippen LogP contribution in [-0.4, -0.2) is 12.5 Å². The topological polar surface area (TPSA) is 64.4 Å². The zero-order valence-electron chi connectivity index (χ0n) is 9.44. The highest BCUT2D eigenvalue weighted by molar-refractivity contribution is 14.0. The van der Waals surface area contributed by atoms with Crippen LogP contribution < -0.4 is 11.5 Å². The Hall–Kier alpha value is -0.780. The van der Waals surface area contributed by atoms with Crippen molar-refractivity contribution < 1.29 is 0 Å². The maximum absolute atomic E-state index is 5.37. The summed E-state index contributed by atoms with van der Waals surface area (Å²) < 4.78 is 0. The summed E-state index contributed by atoms with van der Waals surface area (Å²) in [5, 5.41) is 0. The molecule has 3 nitrogen and oxygen atoms in total. The molecule has 0 radical (unpaired) electrons. The highest BCUT2D eigenvalue weighted by Crippen LogP contribution is 2.49. The molecule has 2 rings (SSSR count). The van der Waals surface area contributed by atoms with E-state index < -0.39 is 0 Å². The van der Waals surface area contributed by atoms with Crippen LogP contribution in [0, 0.1) is 6.92 Å². The standard InChI is InChI=1S/C12H17N3.HI/c1-9-4-2-3-5-10(9)12(6-7-12)8-15-11(13)14;/h2-5H,6-8H2,1H3,(H4,13,14,15);1H. The van der Waals surface area contributed by atoms with Crippen molar-refractivity contribution in [3.05, 3.63) is 35.4 Å². The van der Waals surface area contributed by atoms with E-state index in [4.69, 9.17) is 11.5 Å². The minimum atomic E-state index is 0. The predicted molar refractivity (Wildman–Crippen MR) is 78.2 cm³/mol. The van der Waals surface area contributed by atoms with Gasteiger partial charge in [0.25, 0.3) is 0 Å². The summed E-state index contributed by atoms with van der Waals surface area (Å²) in [6.07, 6.45) is 2.38. The van der Waals surface area contributed by atoms with E-state index in [-0.39, 0.29) is 35.4 Å². The van der Waals surface area contributed by atoms with E-state index in [1.54, 1.807) is 0 Å². The van der Waals surface area contributed by atoms with Gasteiger partial charge in [0.2, 0.25) is 0 Å². The summed E-state index contributed by atoms with van der Waals surface area (Å²) in [4.78, 5) is 4.15. The predicted octanol–water partition coefficient (Wildman–Crippen LogP) is 1.92. The largest absolute Gasteiger partial charge is 0.370 e. The maximum atomic E-state index is 5.37. The Balaban J connectivity index is 0.00000128. The Morgan fingerprint density at radius 1 is 1.31 bits per heavy atom. The van der Waals surface area contributed by atoms with Gasteiger partial charge in [-0.25, -0.2) is 0 Å². The smallest absolute Gasteiger partial charge is 0.185 e. The van der Waals surface area contributed by atoms with Gasteiger partial charge in [-0.15, -0.1) is 24.0 Å². The SMILES string of the molecule is Cc1ccccc1C1(CN=C(N)N)CC1.I. The van der Waals surface area contributed by atoms with Gasteiger partial charge in [0.05, 0.1) is 6.54 Å². The zero-order valence-corrected chi connectivity index (χ0v) is 11.8. The number of benzene rings is 1. The Bertz CT molecular complexity index is 393. The van der Waals surface area contributed by atoms with E-state index in [2.05, 4.69) is 36.2 Å². The van der Waals surface area contributed by atoms with Gasteiger partial charge in [0.15, 0.2) is 5.96 Å². The fraction of sp³-hybridized carbons (Fsp3) is 0.417. The Morgan fingerprint density at radius 3 is 2.44 bits per heavy atom. The van der Waals surface area contributed by atoms with Crippen molar-refractivity contribution in [2.24, 2.45) is 16.5 Å². The third-order valence-corrected chi connectivity index (χ3v) is 3.13. The third-order valence-electron chi connectivity index (χ3n) is 3.13. The molecule has 1 saturated carbocycles. The summed E-state index contributed by atoms with van der Waals surface area (Å²) in [7, 11) is 0. The van der Waals surface area contributed by atoms with Gasteiger partial charge in [-0.2, -0.15) is 0 Å². The van der Waals surface area contributed by atoms with Crippen LogP contribution in [0.25, 0.3) is 0 Å². The summed E-state index contributed by atoms with van der Waals surface area (Å²) >= 11 is 0. The molecule has 0 aromatic heterocycles. The maximum Gasteiger partial charge on any atom is 0.185 e. The first-order chi connectivity index (χ1) is 7.14. The van der Waals surface area contributed by atoms with Crippen LogP contribution in [0.4, 0.5) is 0 Å². The van der Waals surface area contributed by atoms with Crippen LogP contribution >= 0.6 is 24.0 Å². The number of aryl methyl sites for hydroxylation is 1. The minimum absolute atomic E-state index is 0. The molecule has 0 unspecified atom stereocenters. The third kappa shape index (κ3) is 2.66. The molecule has 0 atom stereocenters. The van der Waals surface area contributed by atoms with E-state index in [0.29, 0.717) is 0 Å². The summed E-state index contributed by atoms with van der Waals surface area (Å²) in [6, 6.07) is 8.48. The van der Waals surface area contributed by atoms with Crippen molar-refractivity contribution in [2.75, 3.05) is 6.54 Å². The molecule has 0 saturated heterocycles. The second kappa shape index (κ2) is 5.03. The minimum Gasteiger partial charge on any atom is -0.370 e. The Kier molecular flexibility index (Phi) is 4.18. The lowest BCUT2D eigenvalue weighted by atomic mass is 9.92. The highest BCUT2D eigenvalue weighted by atomic mass is 127. The molecule has 88 valence electrons. The molecule has 0 amide bonds. The molecular weight excluding hydrogens is 313 g/mol. The Labute approximate surface area is 113 Å². The van der Waals surface area contributed by atoms with Crippen molar-refractivity contribution in [3.8, 4) is 0 Å². The van der Waals surface area contributed by atoms with Gasteiger partial charge in [0, 0.05) is 5.41 Å². The second-order valence-corrected chi connectivity index (χ2v) is 4.34. The van der Waals surface area contributed by atoms with E-state index in [9.17, 15) is 0 Å². The first-order valence-electron chi connectivity index (χ1n) is 5.26. The molecule has 0 heterocycles. The lowest BCUT2D eigenvalue weighted by molar-refractivity contribution is 0.699. The second-order valence-electron chi connectivity index (χ2n) is 4.34. The van der Waals surface area contributed by atoms with Crippen LogP contribution in [0.2, 0.25) is 0 Å². The van der Waals surface area contributed by atoms with Crippen LogP contribution in [0.5, 0.6) is 0 Å². The van der Waals surface area contributed by atoms with Crippen LogP contribution in [-0.2, 0) is 5.41 Å². The van der Waals surface area contributed by atoms with Gasteiger partial charge < -0.3 is 11.5 Å². The monoisotopic (exact) mass is 331 g/mol. The van der Waals surface area contributed by atoms with Gasteiger partial charge in [-0.3, -0.25) is 4.99 Å². The fourth-order valence-electron chi connectivity index (χ4n) is 2.07. The quantitative estimate of drug-likeness (QED) is 0.505. The molecule has 0 aliphatic heterocycles. The van der Waals surface area contributed by atoms with Gasteiger partial charge in [-0.05, 0) is 30.9 Å². The highest BCUT2D eigenvalue weighted by Gasteiger charge is 2.44. The molecule has 1 fully saturated rings. The lowest BCUT2D eigenvalue weighted by Crippen LogP contribution is -2.25. The van der Waals surface area contributed by atoms with Crippen molar-refractivity contribution >= 4 is 29.9 Å². The Morgan fingerprint density at radius 2 is 1.94 bits per heavy atom. The summed E-state index contributed by atoms with van der Waals surface area (Å²) in [5.41, 5.74) is 13.7. The van der Waals surface area contributed by atoms with Crippen molar-refractivity contribution in [1.29, 1.82) is 0 Å². The number of rotatable bonds is 3. The summed E-state index contributed by atoms with van der Waals surface area (Å²) in [6.45, 7) is 2.87. The number of hydrogen-bond acceptors (Lipinski definition) is 1. The van der Waals surface area contributed by atoms with Crippen molar-refractivity contribution in [3.63, 3.8) is 0 Å². The van der Waals surface area contributed by atoms with Crippen LogP contribution in [0.1, 0.15) is 24.0 Å². The molecule has 1 aromatic carbocycles. The molecule has 16 heavy (non-hydrogen) atoms. The van der Waals surface area contributed by atoms with E-state index in [1.165, 1.54) is 24.0 Å². The molecule has 1 aliphatic carbocycles.